The van der Waals surface area contributed by atoms with Gasteiger partial charge in [-0.05, 0) is 25.2 Å². The Bertz CT molecular complexity index is 236. The van der Waals surface area contributed by atoms with Crippen LogP contribution in [-0.4, -0.2) is 17.4 Å². The summed E-state index contributed by atoms with van der Waals surface area (Å²) in [5.74, 6) is -0.405. The summed E-state index contributed by atoms with van der Waals surface area (Å²) >= 11 is 4.73. The molecular weight excluding hydrogens is 184 g/mol. The topological polar surface area (TPSA) is 55.1 Å². The van der Waals surface area contributed by atoms with Crippen molar-refractivity contribution in [2.45, 2.75) is 26.7 Å². The molecule has 4 heteroatoms. The van der Waals surface area contributed by atoms with E-state index >= 15 is 0 Å². The lowest BCUT2D eigenvalue weighted by atomic mass is 10.1. The number of carbonyl (C=O) groups excluding carboxylic acids is 1. The van der Waals surface area contributed by atoms with Gasteiger partial charge in [-0.2, -0.15) is 0 Å². The summed E-state index contributed by atoms with van der Waals surface area (Å²) in [6.07, 6.45) is 2.41. The third-order valence-corrected chi connectivity index (χ3v) is 2.97. The molecule has 1 aliphatic carbocycles. The Morgan fingerprint density at radius 3 is 2.62 bits per heavy atom. The Morgan fingerprint density at radius 1 is 1.69 bits per heavy atom. The Kier molecular flexibility index (Phi) is 2.91. The highest BCUT2D eigenvalue weighted by molar-refractivity contribution is 7.80. The lowest BCUT2D eigenvalue weighted by molar-refractivity contribution is -0.122. The maximum absolute atomic E-state index is 11.4. The third-order valence-electron chi connectivity index (χ3n) is 2.61. The molecule has 1 amide bonds. The van der Waals surface area contributed by atoms with Crippen molar-refractivity contribution in [3.05, 3.63) is 0 Å². The fourth-order valence-electron chi connectivity index (χ4n) is 0.973. The molecule has 1 rings (SSSR count). The van der Waals surface area contributed by atoms with Crippen molar-refractivity contribution in [3.8, 4) is 0 Å². The van der Waals surface area contributed by atoms with E-state index in [0.29, 0.717) is 5.41 Å². The summed E-state index contributed by atoms with van der Waals surface area (Å²) in [6, 6.07) is 0. The molecule has 0 spiro atoms. The van der Waals surface area contributed by atoms with Gasteiger partial charge in [0.25, 0.3) is 0 Å². The molecule has 1 aliphatic rings. The van der Waals surface area contributed by atoms with Crippen LogP contribution in [0.3, 0.4) is 0 Å². The summed E-state index contributed by atoms with van der Waals surface area (Å²) in [7, 11) is 0. The first-order valence-electron chi connectivity index (χ1n) is 4.52. The lowest BCUT2D eigenvalue weighted by Crippen LogP contribution is -2.38. The van der Waals surface area contributed by atoms with Crippen LogP contribution >= 0.6 is 12.2 Å². The van der Waals surface area contributed by atoms with Crippen LogP contribution in [0.25, 0.3) is 0 Å². The number of rotatable bonds is 4. The molecule has 0 aliphatic heterocycles. The second-order valence-corrected chi connectivity index (χ2v) is 4.62. The van der Waals surface area contributed by atoms with Gasteiger partial charge in [-0.1, -0.05) is 19.1 Å². The molecule has 3 N–H and O–H groups in total. The van der Waals surface area contributed by atoms with Crippen LogP contribution in [0.4, 0.5) is 0 Å². The highest BCUT2D eigenvalue weighted by atomic mass is 32.1. The van der Waals surface area contributed by atoms with E-state index in [4.69, 9.17) is 18.0 Å². The van der Waals surface area contributed by atoms with Gasteiger partial charge in [0, 0.05) is 6.54 Å². The third kappa shape index (κ3) is 2.95. The summed E-state index contributed by atoms with van der Waals surface area (Å²) in [5.41, 5.74) is 5.70. The quantitative estimate of drug-likeness (QED) is 0.661. The number of nitrogens with two attached hydrogens (primary N) is 1. The van der Waals surface area contributed by atoms with Crippen LogP contribution < -0.4 is 11.1 Å². The number of amides is 1. The number of thiocarbonyl (C=S) groups is 1. The molecule has 0 saturated heterocycles. The van der Waals surface area contributed by atoms with Gasteiger partial charge in [-0.25, -0.2) is 0 Å². The molecule has 0 aromatic heterocycles. The van der Waals surface area contributed by atoms with Crippen molar-refractivity contribution in [2.24, 2.45) is 17.1 Å². The Labute approximate surface area is 84.1 Å². The van der Waals surface area contributed by atoms with Crippen LogP contribution in [0.1, 0.15) is 26.7 Å². The fourth-order valence-corrected chi connectivity index (χ4v) is 1.08. The van der Waals surface area contributed by atoms with E-state index < -0.39 is 0 Å². The fraction of sp³-hybridized carbons (Fsp3) is 0.778. The summed E-state index contributed by atoms with van der Waals surface area (Å²) in [4.78, 5) is 11.6. The molecular formula is C9H16N2OS. The zero-order chi connectivity index (χ0) is 10.1. The maximum Gasteiger partial charge on any atom is 0.229 e. The molecule has 1 fully saturated rings. The van der Waals surface area contributed by atoms with Gasteiger partial charge in [0.05, 0.1) is 10.9 Å². The molecule has 1 atom stereocenters. The molecule has 1 unspecified atom stereocenters. The minimum atomic E-state index is -0.350. The van der Waals surface area contributed by atoms with E-state index in [1.165, 1.54) is 12.8 Å². The second kappa shape index (κ2) is 3.62. The van der Waals surface area contributed by atoms with E-state index in [-0.39, 0.29) is 16.8 Å². The van der Waals surface area contributed by atoms with Crippen LogP contribution in [0.2, 0.25) is 0 Å². The Morgan fingerprint density at radius 2 is 2.23 bits per heavy atom. The molecule has 0 aromatic carbocycles. The zero-order valence-corrected chi connectivity index (χ0v) is 8.91. The summed E-state index contributed by atoms with van der Waals surface area (Å²) in [6.45, 7) is 4.64. The van der Waals surface area contributed by atoms with E-state index in [1.54, 1.807) is 6.92 Å². The first-order valence-corrected chi connectivity index (χ1v) is 4.92. The predicted octanol–water partition coefficient (Wildman–Crippen LogP) is 0.825. The Balaban J connectivity index is 2.28. The van der Waals surface area contributed by atoms with Crippen molar-refractivity contribution >= 4 is 23.1 Å². The average molecular weight is 200 g/mol. The van der Waals surface area contributed by atoms with Crippen molar-refractivity contribution in [1.82, 2.24) is 5.32 Å². The highest BCUT2D eigenvalue weighted by Gasteiger charge is 2.37. The van der Waals surface area contributed by atoms with Crippen LogP contribution in [0, 0.1) is 11.3 Å². The molecule has 0 radical (unpaired) electrons. The molecule has 0 bridgehead atoms. The van der Waals surface area contributed by atoms with Gasteiger partial charge in [-0.15, -0.1) is 0 Å². The number of hydrogen-bond acceptors (Lipinski definition) is 2. The molecule has 1 saturated carbocycles. The van der Waals surface area contributed by atoms with Gasteiger partial charge in [0.15, 0.2) is 0 Å². The number of hydrogen-bond donors (Lipinski definition) is 2. The van der Waals surface area contributed by atoms with Crippen LogP contribution in [0.15, 0.2) is 0 Å². The second-order valence-electron chi connectivity index (χ2n) is 4.15. The summed E-state index contributed by atoms with van der Waals surface area (Å²) in [5, 5.41) is 2.86. The maximum atomic E-state index is 11.4. The highest BCUT2D eigenvalue weighted by Crippen LogP contribution is 2.44. The molecule has 3 nitrogen and oxygen atoms in total. The minimum Gasteiger partial charge on any atom is -0.393 e. The molecule has 0 aromatic rings. The van der Waals surface area contributed by atoms with Gasteiger partial charge in [-0.3, -0.25) is 4.79 Å². The summed E-state index contributed by atoms with van der Waals surface area (Å²) < 4.78 is 0. The molecule has 0 heterocycles. The minimum absolute atomic E-state index is 0.0550. The Hall–Kier alpha value is -0.640. The van der Waals surface area contributed by atoms with Crippen molar-refractivity contribution in [2.75, 3.05) is 6.54 Å². The van der Waals surface area contributed by atoms with Gasteiger partial charge in [0.1, 0.15) is 0 Å². The lowest BCUT2D eigenvalue weighted by Gasteiger charge is -2.13. The van der Waals surface area contributed by atoms with Gasteiger partial charge in [0.2, 0.25) is 5.91 Å². The SMILES string of the molecule is CC(C(=O)NCC1(C)CC1)C(N)=S. The number of nitrogens with one attached hydrogen (secondary N) is 1. The van der Waals surface area contributed by atoms with Gasteiger partial charge < -0.3 is 11.1 Å². The zero-order valence-electron chi connectivity index (χ0n) is 8.09. The number of carbonyl (C=O) groups is 1. The van der Waals surface area contributed by atoms with E-state index in [1.807, 2.05) is 0 Å². The normalized spacial score (nSPS) is 20.5. The van der Waals surface area contributed by atoms with Crippen molar-refractivity contribution in [1.29, 1.82) is 0 Å². The largest absolute Gasteiger partial charge is 0.393 e. The smallest absolute Gasteiger partial charge is 0.229 e. The molecule has 74 valence electrons. The van der Waals surface area contributed by atoms with E-state index in [2.05, 4.69) is 12.2 Å². The monoisotopic (exact) mass is 200 g/mol. The van der Waals surface area contributed by atoms with E-state index in [0.717, 1.165) is 6.54 Å². The van der Waals surface area contributed by atoms with E-state index in [9.17, 15) is 4.79 Å². The van der Waals surface area contributed by atoms with Crippen molar-refractivity contribution < 1.29 is 4.79 Å². The molecule has 13 heavy (non-hydrogen) atoms. The van der Waals surface area contributed by atoms with Crippen molar-refractivity contribution in [3.63, 3.8) is 0 Å². The van der Waals surface area contributed by atoms with Crippen LogP contribution in [0.5, 0.6) is 0 Å². The van der Waals surface area contributed by atoms with Gasteiger partial charge >= 0.3 is 0 Å². The predicted molar refractivity (Wildman–Crippen MR) is 56.3 cm³/mol. The first-order chi connectivity index (χ1) is 5.94. The standard InChI is InChI=1S/C9H16N2OS/c1-6(7(10)13)8(12)11-5-9(2)3-4-9/h6H,3-5H2,1-2H3,(H2,10,13)(H,11,12). The van der Waals surface area contributed by atoms with Crippen LogP contribution in [-0.2, 0) is 4.79 Å². The first kappa shape index (κ1) is 10.4. The average Bonchev–Trinajstić information content (AvgIpc) is 2.79.